The van der Waals surface area contributed by atoms with Crippen LogP contribution in [0.3, 0.4) is 0 Å². The van der Waals surface area contributed by atoms with Gasteiger partial charge in [0.1, 0.15) is 0 Å². The molecule has 3 nitrogen and oxygen atoms in total. The molecule has 0 fully saturated rings. The van der Waals surface area contributed by atoms with E-state index in [1.807, 2.05) is 0 Å². The predicted molar refractivity (Wildman–Crippen MR) is 42.0 cm³/mol. The molecule has 0 atom stereocenters. The lowest BCUT2D eigenvalue weighted by Crippen LogP contribution is -2.19. The highest BCUT2D eigenvalue weighted by molar-refractivity contribution is 5.82. The van der Waals surface area contributed by atoms with Crippen molar-refractivity contribution >= 4 is 11.6 Å². The van der Waals surface area contributed by atoms with Gasteiger partial charge in [0.25, 0.3) is 0 Å². The molecule has 1 amide bonds. The number of alkyl halides is 3. The summed E-state index contributed by atoms with van der Waals surface area (Å²) < 4.78 is 34.9. The van der Waals surface area contributed by atoms with Crippen LogP contribution < -0.4 is 0 Å². The highest BCUT2D eigenvalue weighted by Gasteiger charge is 2.39. The van der Waals surface area contributed by atoms with Crippen LogP contribution in [0, 0.1) is 0 Å². The molecule has 14 heavy (non-hydrogen) atoms. The lowest BCUT2D eigenvalue weighted by molar-refractivity contribution is -0.170. The van der Waals surface area contributed by atoms with E-state index in [2.05, 4.69) is 10.2 Å². The monoisotopic (exact) mass is 202 g/mol. The Kier molecular flexibility index (Phi) is 2.95. The summed E-state index contributed by atoms with van der Waals surface area (Å²) in [6.07, 6.45) is -4.96. The van der Waals surface area contributed by atoms with Crippen LogP contribution in [0.25, 0.3) is 0 Å². The van der Waals surface area contributed by atoms with Crippen LogP contribution >= 0.6 is 0 Å². The van der Waals surface area contributed by atoms with E-state index >= 15 is 0 Å². The summed E-state index contributed by atoms with van der Waals surface area (Å²) in [6, 6.07) is 7.70. The fraction of sp³-hybridized carbons (Fsp3) is 0.125. The molecule has 74 valence electrons. The van der Waals surface area contributed by atoms with E-state index in [0.717, 1.165) is 0 Å². The van der Waals surface area contributed by atoms with Gasteiger partial charge in [0, 0.05) is 0 Å². The van der Waals surface area contributed by atoms with E-state index in [1.54, 1.807) is 18.2 Å². The Morgan fingerprint density at radius 3 is 2.21 bits per heavy atom. The molecule has 1 aromatic rings. The molecule has 0 unspecified atom stereocenters. The van der Waals surface area contributed by atoms with Gasteiger partial charge in [-0.05, 0) is 12.1 Å². The Hall–Kier alpha value is -1.72. The lowest BCUT2D eigenvalue weighted by atomic mass is 10.3. The average molecular weight is 202 g/mol. The Morgan fingerprint density at radius 2 is 1.71 bits per heavy atom. The highest BCUT2D eigenvalue weighted by atomic mass is 19.4. The largest absolute Gasteiger partial charge is 0.475 e. The molecular weight excluding hydrogens is 197 g/mol. The number of carbonyl (C=O) groups is 1. The summed E-state index contributed by atoms with van der Waals surface area (Å²) in [5.41, 5.74) is 0.199. The van der Waals surface area contributed by atoms with Crippen molar-refractivity contribution in [2.24, 2.45) is 10.2 Å². The number of rotatable bonds is 1. The summed E-state index contributed by atoms with van der Waals surface area (Å²) in [7, 11) is 0. The minimum absolute atomic E-state index is 0.199. The second-order valence-corrected chi connectivity index (χ2v) is 2.34. The third-order valence-electron chi connectivity index (χ3n) is 1.25. The smallest absolute Gasteiger partial charge is 0.260 e. The molecule has 1 rings (SSSR count). The third-order valence-corrected chi connectivity index (χ3v) is 1.25. The number of amides is 1. The van der Waals surface area contributed by atoms with E-state index in [-0.39, 0.29) is 5.69 Å². The first kappa shape index (κ1) is 10.4. The Bertz CT molecular complexity index is 345. The fourth-order valence-corrected chi connectivity index (χ4v) is 0.655. The summed E-state index contributed by atoms with van der Waals surface area (Å²) >= 11 is 0. The molecule has 6 heteroatoms. The van der Waals surface area contributed by atoms with Crippen molar-refractivity contribution in [3.05, 3.63) is 30.3 Å². The second-order valence-electron chi connectivity index (χ2n) is 2.34. The zero-order valence-corrected chi connectivity index (χ0v) is 6.82. The maximum Gasteiger partial charge on any atom is 0.475 e. The van der Waals surface area contributed by atoms with E-state index < -0.39 is 12.1 Å². The molecule has 0 heterocycles. The minimum Gasteiger partial charge on any atom is -0.260 e. The van der Waals surface area contributed by atoms with Gasteiger partial charge in [-0.1, -0.05) is 18.2 Å². The van der Waals surface area contributed by atoms with Crippen LogP contribution in [0.15, 0.2) is 40.6 Å². The summed E-state index contributed by atoms with van der Waals surface area (Å²) in [6.45, 7) is 0. The standard InChI is InChI=1S/C8H5F3N2O/c9-8(10,11)7(14)13-12-6-4-2-1-3-5-6/h1-5H. The quantitative estimate of drug-likeness (QED) is 0.645. The fourth-order valence-electron chi connectivity index (χ4n) is 0.655. The van der Waals surface area contributed by atoms with Crippen LogP contribution in [0.4, 0.5) is 18.9 Å². The van der Waals surface area contributed by atoms with Crippen LogP contribution in [0.1, 0.15) is 0 Å². The maximum atomic E-state index is 11.6. The van der Waals surface area contributed by atoms with Crippen molar-refractivity contribution in [1.82, 2.24) is 0 Å². The van der Waals surface area contributed by atoms with E-state index in [1.165, 1.54) is 12.1 Å². The molecule has 0 N–H and O–H groups in total. The van der Waals surface area contributed by atoms with Gasteiger partial charge in [-0.15, -0.1) is 10.2 Å². The molecule has 0 saturated heterocycles. The molecule has 0 spiro atoms. The zero-order chi connectivity index (χ0) is 10.6. The number of nitrogens with zero attached hydrogens (tertiary/aromatic N) is 2. The van der Waals surface area contributed by atoms with Crippen molar-refractivity contribution in [3.8, 4) is 0 Å². The number of carbonyl (C=O) groups excluding carboxylic acids is 1. The normalized spacial score (nSPS) is 11.9. The van der Waals surface area contributed by atoms with E-state index in [4.69, 9.17) is 0 Å². The molecule has 0 aromatic heterocycles. The number of hydrogen-bond acceptors (Lipinski definition) is 2. The van der Waals surface area contributed by atoms with Gasteiger partial charge in [-0.25, -0.2) is 0 Å². The lowest BCUT2D eigenvalue weighted by Gasteiger charge is -1.97. The van der Waals surface area contributed by atoms with Gasteiger partial charge in [-0.3, -0.25) is 4.79 Å². The predicted octanol–water partition coefficient (Wildman–Crippen LogP) is 2.86. The number of hydrogen-bond donors (Lipinski definition) is 0. The number of halogens is 3. The maximum absolute atomic E-state index is 11.6. The topological polar surface area (TPSA) is 41.8 Å². The Morgan fingerprint density at radius 1 is 1.14 bits per heavy atom. The first-order chi connectivity index (χ1) is 6.50. The van der Waals surface area contributed by atoms with Crippen molar-refractivity contribution in [1.29, 1.82) is 0 Å². The van der Waals surface area contributed by atoms with Gasteiger partial charge in [0.15, 0.2) is 0 Å². The molecule has 0 bridgehead atoms. The minimum atomic E-state index is -4.96. The van der Waals surface area contributed by atoms with Crippen LogP contribution in [0.2, 0.25) is 0 Å². The molecule has 0 aliphatic carbocycles. The molecular formula is C8H5F3N2O. The molecule has 0 aliphatic rings. The summed E-state index contributed by atoms with van der Waals surface area (Å²) in [5.74, 6) is -2.21. The Labute approximate surface area is 77.3 Å². The van der Waals surface area contributed by atoms with Gasteiger partial charge < -0.3 is 0 Å². The van der Waals surface area contributed by atoms with Crippen molar-refractivity contribution in [2.75, 3.05) is 0 Å². The number of azo groups is 1. The van der Waals surface area contributed by atoms with Crippen molar-refractivity contribution in [2.45, 2.75) is 6.18 Å². The van der Waals surface area contributed by atoms with Crippen LogP contribution in [-0.4, -0.2) is 12.1 Å². The van der Waals surface area contributed by atoms with Crippen LogP contribution in [0.5, 0.6) is 0 Å². The van der Waals surface area contributed by atoms with Crippen LogP contribution in [-0.2, 0) is 4.79 Å². The SMILES string of the molecule is O=C(N=Nc1ccccc1)C(F)(F)F. The van der Waals surface area contributed by atoms with Gasteiger partial charge in [0.05, 0.1) is 5.69 Å². The van der Waals surface area contributed by atoms with E-state index in [9.17, 15) is 18.0 Å². The summed E-state index contributed by atoms with van der Waals surface area (Å²) in [4.78, 5) is 10.3. The zero-order valence-electron chi connectivity index (χ0n) is 6.82. The Balaban J connectivity index is 2.71. The molecule has 0 saturated carbocycles. The first-order valence-electron chi connectivity index (χ1n) is 3.58. The van der Waals surface area contributed by atoms with Gasteiger partial charge in [-0.2, -0.15) is 13.2 Å². The molecule has 1 aromatic carbocycles. The van der Waals surface area contributed by atoms with Crippen molar-refractivity contribution < 1.29 is 18.0 Å². The van der Waals surface area contributed by atoms with Crippen molar-refractivity contribution in [3.63, 3.8) is 0 Å². The highest BCUT2D eigenvalue weighted by Crippen LogP contribution is 2.18. The molecule has 0 radical (unpaired) electrons. The summed E-state index contributed by atoms with van der Waals surface area (Å²) in [5, 5.41) is 5.65. The average Bonchev–Trinajstić information content (AvgIpc) is 2.14. The third kappa shape index (κ3) is 2.96. The van der Waals surface area contributed by atoms with Gasteiger partial charge in [0.2, 0.25) is 0 Å². The number of benzene rings is 1. The first-order valence-corrected chi connectivity index (χ1v) is 3.58. The second kappa shape index (κ2) is 3.99. The molecule has 0 aliphatic heterocycles. The van der Waals surface area contributed by atoms with E-state index in [0.29, 0.717) is 0 Å². The van der Waals surface area contributed by atoms with Gasteiger partial charge >= 0.3 is 12.1 Å².